The van der Waals surface area contributed by atoms with Crippen molar-refractivity contribution in [2.45, 2.75) is 37.3 Å². The van der Waals surface area contributed by atoms with Crippen LogP contribution >= 0.6 is 0 Å². The van der Waals surface area contributed by atoms with Gasteiger partial charge >= 0.3 is 0 Å². The fraction of sp³-hybridized carbons (Fsp3) is 0.381. The molecule has 1 aromatic heterocycles. The molecule has 2 N–H and O–H groups in total. The first-order chi connectivity index (χ1) is 13.5. The largest absolute Gasteiger partial charge is 0.485 e. The van der Waals surface area contributed by atoms with Gasteiger partial charge in [-0.3, -0.25) is 14.4 Å². The molecule has 2 heterocycles. The molecule has 1 aliphatic carbocycles. The standard InChI is InChI=1S/C21H23N3O4/c1-24(20(27)14-6-7-18(25)22-12-14)15-8-10-21(11-9-15)13-23-19(26)16-4-2-3-5-17(16)28-21/h2-7,12,15H,8-11,13H2,1H3,(H,22,25)(H,23,26). The van der Waals surface area contributed by atoms with Crippen LogP contribution in [0.3, 0.4) is 0 Å². The Kier molecular flexibility index (Phi) is 4.66. The zero-order chi connectivity index (χ0) is 19.7. The highest BCUT2D eigenvalue weighted by molar-refractivity contribution is 5.97. The normalized spacial score (nSPS) is 23.9. The van der Waals surface area contributed by atoms with Gasteiger partial charge in [0.05, 0.1) is 17.7 Å². The molecule has 2 aromatic rings. The molecule has 7 heteroatoms. The van der Waals surface area contributed by atoms with Gasteiger partial charge in [-0.25, -0.2) is 0 Å². The minimum Gasteiger partial charge on any atom is -0.485 e. The number of H-pyrrole nitrogens is 1. The van der Waals surface area contributed by atoms with Crippen molar-refractivity contribution < 1.29 is 14.3 Å². The number of aromatic nitrogens is 1. The summed E-state index contributed by atoms with van der Waals surface area (Å²) < 4.78 is 6.32. The van der Waals surface area contributed by atoms with E-state index in [4.69, 9.17) is 4.74 Å². The number of rotatable bonds is 2. The third kappa shape index (κ3) is 3.40. The smallest absolute Gasteiger partial charge is 0.255 e. The van der Waals surface area contributed by atoms with Crippen molar-refractivity contribution in [2.24, 2.45) is 0 Å². The summed E-state index contributed by atoms with van der Waals surface area (Å²) in [6.45, 7) is 0.463. The van der Waals surface area contributed by atoms with Gasteiger partial charge in [0, 0.05) is 25.4 Å². The summed E-state index contributed by atoms with van der Waals surface area (Å²) in [4.78, 5) is 40.5. The predicted octanol–water partition coefficient (Wildman–Crippen LogP) is 1.95. The predicted molar refractivity (Wildman–Crippen MR) is 104 cm³/mol. The summed E-state index contributed by atoms with van der Waals surface area (Å²) in [5.74, 6) is 0.395. The van der Waals surface area contributed by atoms with E-state index in [1.165, 1.54) is 12.3 Å². The van der Waals surface area contributed by atoms with Gasteiger partial charge in [0.1, 0.15) is 11.4 Å². The van der Waals surface area contributed by atoms with E-state index in [1.807, 2.05) is 18.2 Å². The molecule has 0 unspecified atom stereocenters. The van der Waals surface area contributed by atoms with Crippen molar-refractivity contribution in [1.29, 1.82) is 0 Å². The van der Waals surface area contributed by atoms with Crippen molar-refractivity contribution in [2.75, 3.05) is 13.6 Å². The van der Waals surface area contributed by atoms with Crippen molar-refractivity contribution in [1.82, 2.24) is 15.2 Å². The Morgan fingerprint density at radius 2 is 1.89 bits per heavy atom. The second-order valence-corrected chi connectivity index (χ2v) is 7.55. The highest BCUT2D eigenvalue weighted by Crippen LogP contribution is 2.37. The fourth-order valence-electron chi connectivity index (χ4n) is 4.06. The molecule has 2 aliphatic rings. The summed E-state index contributed by atoms with van der Waals surface area (Å²) in [5, 5.41) is 2.98. The molecule has 7 nitrogen and oxygen atoms in total. The van der Waals surface area contributed by atoms with Crippen LogP contribution in [-0.4, -0.2) is 46.9 Å². The zero-order valence-corrected chi connectivity index (χ0v) is 15.7. The molecule has 0 saturated heterocycles. The number of para-hydroxylation sites is 1. The highest BCUT2D eigenvalue weighted by atomic mass is 16.5. The number of nitrogens with zero attached hydrogens (tertiary/aromatic N) is 1. The van der Waals surface area contributed by atoms with E-state index in [-0.39, 0.29) is 23.4 Å². The maximum atomic E-state index is 12.7. The van der Waals surface area contributed by atoms with Gasteiger partial charge in [0.15, 0.2) is 0 Å². The molecule has 2 amide bonds. The fourth-order valence-corrected chi connectivity index (χ4v) is 4.06. The van der Waals surface area contributed by atoms with Crippen LogP contribution in [0.5, 0.6) is 5.75 Å². The first kappa shape index (κ1) is 18.3. The van der Waals surface area contributed by atoms with Crippen LogP contribution in [0.25, 0.3) is 0 Å². The van der Waals surface area contributed by atoms with E-state index < -0.39 is 5.60 Å². The third-order valence-corrected chi connectivity index (χ3v) is 5.79. The van der Waals surface area contributed by atoms with E-state index in [9.17, 15) is 14.4 Å². The van der Waals surface area contributed by atoms with Crippen molar-refractivity contribution >= 4 is 11.8 Å². The maximum absolute atomic E-state index is 12.7. The average Bonchev–Trinajstić information content (AvgIpc) is 2.85. The Morgan fingerprint density at radius 1 is 1.14 bits per heavy atom. The number of hydrogen-bond acceptors (Lipinski definition) is 4. The lowest BCUT2D eigenvalue weighted by Crippen LogP contribution is -2.51. The van der Waals surface area contributed by atoms with Gasteiger partial charge in [-0.15, -0.1) is 0 Å². The van der Waals surface area contributed by atoms with Gasteiger partial charge in [0.2, 0.25) is 5.56 Å². The summed E-state index contributed by atoms with van der Waals surface area (Å²) in [7, 11) is 1.79. The van der Waals surface area contributed by atoms with Crippen LogP contribution in [0.2, 0.25) is 0 Å². The molecule has 0 atom stereocenters. The first-order valence-electron chi connectivity index (χ1n) is 9.50. The summed E-state index contributed by atoms with van der Waals surface area (Å²) in [6, 6.07) is 10.3. The van der Waals surface area contributed by atoms with Crippen LogP contribution in [0, 0.1) is 0 Å². The molecule has 4 rings (SSSR count). The number of hydrogen-bond donors (Lipinski definition) is 2. The summed E-state index contributed by atoms with van der Waals surface area (Å²) in [5.41, 5.74) is 0.355. The number of ether oxygens (including phenoxy) is 1. The Hall–Kier alpha value is -3.09. The van der Waals surface area contributed by atoms with Gasteiger partial charge < -0.3 is 19.9 Å². The molecule has 1 saturated carbocycles. The van der Waals surface area contributed by atoms with Crippen LogP contribution < -0.4 is 15.6 Å². The van der Waals surface area contributed by atoms with Gasteiger partial charge in [0.25, 0.3) is 11.8 Å². The molecule has 146 valence electrons. The monoisotopic (exact) mass is 381 g/mol. The lowest BCUT2D eigenvalue weighted by Gasteiger charge is -2.42. The first-order valence-corrected chi connectivity index (χ1v) is 9.50. The molecular weight excluding hydrogens is 358 g/mol. The Labute approximate surface area is 162 Å². The minimum absolute atomic E-state index is 0.0860. The van der Waals surface area contributed by atoms with Gasteiger partial charge in [-0.2, -0.15) is 0 Å². The molecule has 1 aromatic carbocycles. The Balaban J connectivity index is 1.45. The van der Waals surface area contributed by atoms with Crippen LogP contribution in [0.1, 0.15) is 46.4 Å². The molecule has 0 radical (unpaired) electrons. The van der Waals surface area contributed by atoms with E-state index in [2.05, 4.69) is 10.3 Å². The van der Waals surface area contributed by atoms with Crippen LogP contribution in [0.15, 0.2) is 47.4 Å². The summed E-state index contributed by atoms with van der Waals surface area (Å²) >= 11 is 0. The number of aromatic amines is 1. The van der Waals surface area contributed by atoms with Gasteiger partial charge in [-0.05, 0) is 43.9 Å². The lowest BCUT2D eigenvalue weighted by molar-refractivity contribution is 0.0103. The number of carbonyl (C=O) groups excluding carboxylic acids is 2. The minimum atomic E-state index is -0.444. The Morgan fingerprint density at radius 3 is 2.61 bits per heavy atom. The molecule has 1 fully saturated rings. The van der Waals surface area contributed by atoms with Crippen molar-refractivity contribution in [3.8, 4) is 5.75 Å². The number of benzene rings is 1. The average molecular weight is 381 g/mol. The van der Waals surface area contributed by atoms with E-state index in [0.29, 0.717) is 23.4 Å². The number of amides is 2. The highest BCUT2D eigenvalue weighted by Gasteiger charge is 2.41. The van der Waals surface area contributed by atoms with E-state index >= 15 is 0 Å². The molecule has 0 bridgehead atoms. The lowest BCUT2D eigenvalue weighted by atomic mass is 9.81. The second-order valence-electron chi connectivity index (χ2n) is 7.55. The number of carbonyl (C=O) groups is 2. The van der Waals surface area contributed by atoms with E-state index in [1.54, 1.807) is 24.1 Å². The number of pyridine rings is 1. The molecular formula is C21H23N3O4. The van der Waals surface area contributed by atoms with Crippen LogP contribution in [0.4, 0.5) is 0 Å². The third-order valence-electron chi connectivity index (χ3n) is 5.79. The van der Waals surface area contributed by atoms with Crippen LogP contribution in [-0.2, 0) is 0 Å². The molecule has 1 spiro atoms. The van der Waals surface area contributed by atoms with Crippen molar-refractivity contribution in [3.05, 3.63) is 64.1 Å². The second kappa shape index (κ2) is 7.14. The quantitative estimate of drug-likeness (QED) is 0.832. The topological polar surface area (TPSA) is 91.5 Å². The van der Waals surface area contributed by atoms with Crippen molar-refractivity contribution in [3.63, 3.8) is 0 Å². The number of fused-ring (bicyclic) bond motifs is 1. The number of nitrogens with one attached hydrogen (secondary N) is 2. The maximum Gasteiger partial charge on any atom is 0.255 e. The SMILES string of the molecule is CN(C(=O)c1ccc(=O)[nH]c1)C1CCC2(CC1)CNC(=O)c1ccccc1O2. The van der Waals surface area contributed by atoms with Gasteiger partial charge in [-0.1, -0.05) is 12.1 Å². The Bertz CT molecular complexity index is 940. The molecule has 1 aliphatic heterocycles. The summed E-state index contributed by atoms with van der Waals surface area (Å²) in [6.07, 6.45) is 4.50. The zero-order valence-electron chi connectivity index (χ0n) is 15.7. The molecule has 28 heavy (non-hydrogen) atoms. The van der Waals surface area contributed by atoms with E-state index in [0.717, 1.165) is 25.7 Å².